The number of aliphatic hydroxyl groups excluding tert-OH is 1. The summed E-state index contributed by atoms with van der Waals surface area (Å²) >= 11 is 4.87. The van der Waals surface area contributed by atoms with E-state index in [4.69, 9.17) is 5.11 Å². The predicted molar refractivity (Wildman–Crippen MR) is 59.2 cm³/mol. The molecular formula is C8H13BrN2OS. The smallest absolute Gasteiger partial charge is 0.183 e. The summed E-state index contributed by atoms with van der Waals surface area (Å²) in [5.41, 5.74) is 0. The van der Waals surface area contributed by atoms with E-state index in [0.717, 1.165) is 22.7 Å². The van der Waals surface area contributed by atoms with Crippen molar-refractivity contribution in [2.24, 2.45) is 5.92 Å². The number of thiazole rings is 1. The van der Waals surface area contributed by atoms with Gasteiger partial charge in [0.25, 0.3) is 0 Å². The number of nitrogens with zero attached hydrogens (tertiary/aromatic N) is 1. The zero-order valence-electron chi connectivity index (χ0n) is 7.46. The van der Waals surface area contributed by atoms with Crippen LogP contribution in [0.2, 0.25) is 0 Å². The molecule has 0 fully saturated rings. The Balaban J connectivity index is 2.26. The van der Waals surface area contributed by atoms with E-state index in [1.807, 2.05) is 5.38 Å². The Morgan fingerprint density at radius 3 is 3.08 bits per heavy atom. The minimum Gasteiger partial charge on any atom is -0.396 e. The molecule has 0 aliphatic heterocycles. The summed E-state index contributed by atoms with van der Waals surface area (Å²) in [6, 6.07) is 0. The second-order valence-electron chi connectivity index (χ2n) is 2.97. The molecule has 0 bridgehead atoms. The Kier molecular flexibility index (Phi) is 4.69. The third-order valence-corrected chi connectivity index (χ3v) is 3.21. The van der Waals surface area contributed by atoms with E-state index in [2.05, 4.69) is 33.2 Å². The average molecular weight is 265 g/mol. The van der Waals surface area contributed by atoms with Gasteiger partial charge in [0.2, 0.25) is 0 Å². The third-order valence-electron chi connectivity index (χ3n) is 1.70. The maximum absolute atomic E-state index is 8.69. The highest BCUT2D eigenvalue weighted by Gasteiger charge is 2.02. The Bertz CT molecular complexity index is 254. The first-order valence-electron chi connectivity index (χ1n) is 4.18. The van der Waals surface area contributed by atoms with E-state index in [1.54, 1.807) is 11.3 Å². The van der Waals surface area contributed by atoms with Crippen molar-refractivity contribution in [3.63, 3.8) is 0 Å². The Labute approximate surface area is 90.3 Å². The summed E-state index contributed by atoms with van der Waals surface area (Å²) in [6.45, 7) is 3.22. The molecule has 0 amide bonds. The van der Waals surface area contributed by atoms with Gasteiger partial charge < -0.3 is 10.4 Å². The second-order valence-corrected chi connectivity index (χ2v) is 4.64. The number of aromatic nitrogens is 1. The summed E-state index contributed by atoms with van der Waals surface area (Å²) in [7, 11) is 0. The number of hydrogen-bond acceptors (Lipinski definition) is 4. The zero-order valence-corrected chi connectivity index (χ0v) is 9.86. The van der Waals surface area contributed by atoms with Crippen molar-refractivity contribution in [3.8, 4) is 0 Å². The van der Waals surface area contributed by atoms with Crippen LogP contribution in [0.1, 0.15) is 13.3 Å². The van der Waals surface area contributed by atoms with Gasteiger partial charge in [0.15, 0.2) is 5.13 Å². The SMILES string of the molecule is CC(CCO)CNc1nc(Br)cs1. The van der Waals surface area contributed by atoms with Crippen LogP contribution in [0, 0.1) is 5.92 Å². The Morgan fingerprint density at radius 2 is 2.54 bits per heavy atom. The molecule has 1 heterocycles. The highest BCUT2D eigenvalue weighted by Crippen LogP contribution is 2.19. The summed E-state index contributed by atoms with van der Waals surface area (Å²) in [4.78, 5) is 4.20. The lowest BCUT2D eigenvalue weighted by molar-refractivity contribution is 0.266. The zero-order chi connectivity index (χ0) is 9.68. The molecule has 2 N–H and O–H groups in total. The van der Waals surface area contributed by atoms with E-state index in [9.17, 15) is 0 Å². The maximum atomic E-state index is 8.69. The van der Waals surface area contributed by atoms with Crippen LogP contribution in [0.15, 0.2) is 9.98 Å². The number of hydrogen-bond donors (Lipinski definition) is 2. The first-order valence-corrected chi connectivity index (χ1v) is 5.85. The molecule has 0 aromatic carbocycles. The van der Waals surface area contributed by atoms with Crippen LogP contribution in [0.3, 0.4) is 0 Å². The lowest BCUT2D eigenvalue weighted by atomic mass is 10.1. The highest BCUT2D eigenvalue weighted by atomic mass is 79.9. The Morgan fingerprint density at radius 1 is 1.77 bits per heavy atom. The molecule has 5 heteroatoms. The largest absolute Gasteiger partial charge is 0.396 e. The summed E-state index contributed by atoms with van der Waals surface area (Å²) in [5, 5.41) is 14.8. The van der Waals surface area contributed by atoms with Crippen molar-refractivity contribution >= 4 is 32.4 Å². The molecule has 1 rings (SSSR count). The molecule has 1 aromatic heterocycles. The molecule has 1 atom stereocenters. The molecule has 0 spiro atoms. The number of nitrogens with one attached hydrogen (secondary N) is 1. The second kappa shape index (κ2) is 5.57. The van der Waals surface area contributed by atoms with Gasteiger partial charge in [-0.2, -0.15) is 0 Å². The van der Waals surface area contributed by atoms with Gasteiger partial charge in [0.1, 0.15) is 4.60 Å². The molecule has 0 aliphatic carbocycles. The van der Waals surface area contributed by atoms with Gasteiger partial charge >= 0.3 is 0 Å². The van der Waals surface area contributed by atoms with E-state index in [-0.39, 0.29) is 6.61 Å². The van der Waals surface area contributed by atoms with E-state index >= 15 is 0 Å². The normalized spacial score (nSPS) is 12.8. The first-order chi connectivity index (χ1) is 6.22. The fourth-order valence-corrected chi connectivity index (χ4v) is 2.07. The van der Waals surface area contributed by atoms with Crippen molar-refractivity contribution in [2.75, 3.05) is 18.5 Å². The van der Waals surface area contributed by atoms with Crippen LogP contribution in [-0.4, -0.2) is 23.2 Å². The van der Waals surface area contributed by atoms with Crippen LogP contribution >= 0.6 is 27.3 Å². The Hall–Kier alpha value is -0.130. The van der Waals surface area contributed by atoms with Crippen molar-refractivity contribution in [2.45, 2.75) is 13.3 Å². The summed E-state index contributed by atoms with van der Waals surface area (Å²) in [6.07, 6.45) is 0.833. The summed E-state index contributed by atoms with van der Waals surface area (Å²) in [5.74, 6) is 0.479. The average Bonchev–Trinajstić information content (AvgIpc) is 2.49. The lowest BCUT2D eigenvalue weighted by Crippen LogP contribution is -2.12. The number of anilines is 1. The highest BCUT2D eigenvalue weighted by molar-refractivity contribution is 9.10. The van der Waals surface area contributed by atoms with Gasteiger partial charge in [-0.3, -0.25) is 0 Å². The topological polar surface area (TPSA) is 45.1 Å². The number of rotatable bonds is 5. The number of halogens is 1. The van der Waals surface area contributed by atoms with Crippen LogP contribution < -0.4 is 5.32 Å². The standard InChI is InChI=1S/C8H13BrN2OS/c1-6(2-3-12)4-10-8-11-7(9)5-13-8/h5-6,12H,2-4H2,1H3,(H,10,11). The van der Waals surface area contributed by atoms with Crippen molar-refractivity contribution in [1.29, 1.82) is 0 Å². The molecular weight excluding hydrogens is 252 g/mol. The molecule has 13 heavy (non-hydrogen) atoms. The van der Waals surface area contributed by atoms with Crippen molar-refractivity contribution in [3.05, 3.63) is 9.98 Å². The van der Waals surface area contributed by atoms with Gasteiger partial charge in [-0.05, 0) is 28.3 Å². The summed E-state index contributed by atoms with van der Waals surface area (Å²) < 4.78 is 0.870. The van der Waals surface area contributed by atoms with Crippen molar-refractivity contribution < 1.29 is 5.11 Å². The van der Waals surface area contributed by atoms with Gasteiger partial charge in [0.05, 0.1) is 0 Å². The molecule has 0 radical (unpaired) electrons. The predicted octanol–water partition coefficient (Wildman–Crippen LogP) is 2.34. The molecule has 0 saturated heterocycles. The minimum atomic E-state index is 0.254. The maximum Gasteiger partial charge on any atom is 0.183 e. The quantitative estimate of drug-likeness (QED) is 0.858. The van der Waals surface area contributed by atoms with Crippen molar-refractivity contribution in [1.82, 2.24) is 4.98 Å². The van der Waals surface area contributed by atoms with Gasteiger partial charge in [-0.25, -0.2) is 4.98 Å². The minimum absolute atomic E-state index is 0.254. The van der Waals surface area contributed by atoms with Crippen LogP contribution in [0.4, 0.5) is 5.13 Å². The van der Waals surface area contributed by atoms with Gasteiger partial charge in [-0.1, -0.05) is 6.92 Å². The van der Waals surface area contributed by atoms with Gasteiger partial charge in [-0.15, -0.1) is 11.3 Å². The van der Waals surface area contributed by atoms with Crippen LogP contribution in [-0.2, 0) is 0 Å². The molecule has 0 aliphatic rings. The molecule has 3 nitrogen and oxygen atoms in total. The molecule has 1 unspecified atom stereocenters. The van der Waals surface area contributed by atoms with E-state index in [1.165, 1.54) is 0 Å². The fraction of sp³-hybridized carbons (Fsp3) is 0.625. The number of aliphatic hydroxyl groups is 1. The fourth-order valence-electron chi connectivity index (χ4n) is 0.919. The first kappa shape index (κ1) is 10.9. The van der Waals surface area contributed by atoms with E-state index < -0.39 is 0 Å². The van der Waals surface area contributed by atoms with Crippen LogP contribution in [0.5, 0.6) is 0 Å². The monoisotopic (exact) mass is 264 g/mol. The molecule has 74 valence electrons. The molecule has 0 saturated carbocycles. The van der Waals surface area contributed by atoms with E-state index in [0.29, 0.717) is 5.92 Å². The lowest BCUT2D eigenvalue weighted by Gasteiger charge is -2.09. The third kappa shape index (κ3) is 4.06. The van der Waals surface area contributed by atoms with Gasteiger partial charge in [0, 0.05) is 18.5 Å². The molecule has 1 aromatic rings. The van der Waals surface area contributed by atoms with Crippen LogP contribution in [0.25, 0.3) is 0 Å².